The normalized spacial score (nSPS) is 13.1. The molecule has 0 saturated heterocycles. The van der Waals surface area contributed by atoms with Gasteiger partial charge in [-0.25, -0.2) is 0 Å². The van der Waals surface area contributed by atoms with Crippen molar-refractivity contribution in [1.82, 2.24) is 0 Å². The Labute approximate surface area is 488 Å². The third-order valence-electron chi connectivity index (χ3n) is 14.7. The molecule has 0 saturated carbocycles. The summed E-state index contributed by atoms with van der Waals surface area (Å²) in [4.78, 5) is 37.4. The number of likely N-dealkylation sites (N-methyl/N-ethyl adjacent to an activating group) is 1. The van der Waals surface area contributed by atoms with Crippen molar-refractivity contribution in [3.05, 3.63) is 60.8 Å². The smallest absolute Gasteiger partial charge is 0.306 e. The van der Waals surface area contributed by atoms with E-state index in [1.807, 2.05) is 21.1 Å². The van der Waals surface area contributed by atoms with Gasteiger partial charge < -0.3 is 33.3 Å². The Balaban J connectivity index is 4.13. The van der Waals surface area contributed by atoms with E-state index in [0.717, 1.165) is 51.4 Å². The molecule has 0 heterocycles. The van der Waals surface area contributed by atoms with Crippen molar-refractivity contribution in [3.8, 4) is 0 Å². The predicted molar refractivity (Wildman–Crippen MR) is 334 cm³/mol. The standard InChI is InChI=1S/C70H127NO8/c1-6-8-10-12-14-16-18-20-22-24-26-28-30-31-32-33-34-35-36-37-39-41-43-45-47-49-51-53-55-57-59-61-68(73)79-66(65-78-70(69(74)75)76-63-62-71(3,4)5)64-77-67(72)60-58-56-54-52-50-48-46-44-42-40-38-29-27-25-23-21-19-17-15-13-11-9-7-2/h18-21,24-27,30-31,66,70H,6-17,22-23,28-29,32-65H2,1-5H3/b20-18-,21-19-,26-24-,27-25-,31-30-. The van der Waals surface area contributed by atoms with Gasteiger partial charge in [-0.15, -0.1) is 0 Å². The molecule has 2 unspecified atom stereocenters. The summed E-state index contributed by atoms with van der Waals surface area (Å²) in [6, 6.07) is 0. The van der Waals surface area contributed by atoms with Gasteiger partial charge in [0.1, 0.15) is 13.2 Å². The maximum absolute atomic E-state index is 12.9. The van der Waals surface area contributed by atoms with Crippen LogP contribution in [-0.4, -0.2) is 82.3 Å². The molecule has 79 heavy (non-hydrogen) atoms. The van der Waals surface area contributed by atoms with Crippen LogP contribution in [0.25, 0.3) is 0 Å². The minimum absolute atomic E-state index is 0.147. The van der Waals surface area contributed by atoms with E-state index in [-0.39, 0.29) is 32.2 Å². The highest BCUT2D eigenvalue weighted by molar-refractivity contribution is 5.70. The molecule has 0 fully saturated rings. The van der Waals surface area contributed by atoms with Crippen LogP contribution in [0.4, 0.5) is 0 Å². The molecule has 0 aromatic heterocycles. The lowest BCUT2D eigenvalue weighted by molar-refractivity contribution is -0.870. The van der Waals surface area contributed by atoms with Crippen molar-refractivity contribution in [2.75, 3.05) is 47.5 Å². The summed E-state index contributed by atoms with van der Waals surface area (Å²) < 4.78 is 22.8. The third kappa shape index (κ3) is 62.4. The molecule has 2 atom stereocenters. The Kier molecular flexibility index (Phi) is 58.7. The first-order valence-electron chi connectivity index (χ1n) is 33.4. The maximum Gasteiger partial charge on any atom is 0.306 e. The van der Waals surface area contributed by atoms with E-state index in [4.69, 9.17) is 18.9 Å². The van der Waals surface area contributed by atoms with Crippen LogP contribution in [0.15, 0.2) is 60.8 Å². The van der Waals surface area contributed by atoms with E-state index in [9.17, 15) is 19.5 Å². The summed E-state index contributed by atoms with van der Waals surface area (Å²) in [5.74, 6) is -2.27. The average Bonchev–Trinajstić information content (AvgIpc) is 3.42. The van der Waals surface area contributed by atoms with Crippen molar-refractivity contribution < 1.29 is 42.9 Å². The van der Waals surface area contributed by atoms with Crippen molar-refractivity contribution in [2.45, 2.75) is 322 Å². The van der Waals surface area contributed by atoms with Crippen LogP contribution < -0.4 is 5.11 Å². The summed E-state index contributed by atoms with van der Waals surface area (Å²) in [5.41, 5.74) is 0. The molecule has 0 aromatic rings. The number of unbranched alkanes of at least 4 members (excludes halogenated alkanes) is 37. The number of hydrogen-bond donors (Lipinski definition) is 0. The second kappa shape index (κ2) is 61.1. The number of esters is 2. The lowest BCUT2D eigenvalue weighted by Gasteiger charge is -2.26. The topological polar surface area (TPSA) is 111 Å². The fourth-order valence-electron chi connectivity index (χ4n) is 9.58. The molecule has 0 aliphatic heterocycles. The SMILES string of the molecule is CCCCCCC/C=C\C/C=C\C/C=C\CCCCCCCCCCCCCCCCCCC(=O)OC(COC(=O)CCCCCCCCCCCCC/C=C\C/C=C\CCCCCCC)COC(OCC[N+](C)(C)C)C(=O)[O-]. The fraction of sp³-hybridized carbons (Fsp3) is 0.814. The van der Waals surface area contributed by atoms with Crippen molar-refractivity contribution in [2.24, 2.45) is 0 Å². The fourth-order valence-corrected chi connectivity index (χ4v) is 9.58. The molecule has 0 aromatic carbocycles. The van der Waals surface area contributed by atoms with Crippen LogP contribution >= 0.6 is 0 Å². The zero-order valence-electron chi connectivity index (χ0n) is 52.5. The predicted octanol–water partition coefficient (Wildman–Crippen LogP) is 19.0. The van der Waals surface area contributed by atoms with Gasteiger partial charge in [0.25, 0.3) is 0 Å². The van der Waals surface area contributed by atoms with Crippen molar-refractivity contribution in [3.63, 3.8) is 0 Å². The van der Waals surface area contributed by atoms with Crippen LogP contribution in [0.2, 0.25) is 0 Å². The van der Waals surface area contributed by atoms with E-state index >= 15 is 0 Å². The Morgan fingerprint density at radius 1 is 0.380 bits per heavy atom. The Bertz CT molecular complexity index is 1480. The molecule has 9 nitrogen and oxygen atoms in total. The minimum atomic E-state index is -1.62. The number of ether oxygens (including phenoxy) is 4. The van der Waals surface area contributed by atoms with Gasteiger partial charge in [0.05, 0.1) is 40.3 Å². The molecule has 0 amide bonds. The van der Waals surface area contributed by atoms with Crippen molar-refractivity contribution >= 4 is 17.9 Å². The number of allylic oxidation sites excluding steroid dienone is 10. The Morgan fingerprint density at radius 3 is 1.01 bits per heavy atom. The zero-order chi connectivity index (χ0) is 57.6. The number of carbonyl (C=O) groups is 3. The summed E-state index contributed by atoms with van der Waals surface area (Å²) in [5, 5.41) is 11.8. The molecule has 0 aliphatic carbocycles. The molecule has 0 bridgehead atoms. The van der Waals surface area contributed by atoms with Gasteiger partial charge >= 0.3 is 11.9 Å². The van der Waals surface area contributed by atoms with Gasteiger partial charge in [-0.2, -0.15) is 0 Å². The van der Waals surface area contributed by atoms with Crippen LogP contribution in [0.3, 0.4) is 0 Å². The number of quaternary nitrogens is 1. The summed E-state index contributed by atoms with van der Waals surface area (Å²) in [6.45, 7) is 4.76. The van der Waals surface area contributed by atoms with Gasteiger partial charge in [-0.05, 0) is 83.5 Å². The van der Waals surface area contributed by atoms with Gasteiger partial charge in [-0.1, -0.05) is 274 Å². The molecule has 460 valence electrons. The molecule has 0 N–H and O–H groups in total. The monoisotopic (exact) mass is 1110 g/mol. The van der Waals surface area contributed by atoms with E-state index < -0.39 is 24.3 Å². The third-order valence-corrected chi connectivity index (χ3v) is 14.7. The van der Waals surface area contributed by atoms with Gasteiger partial charge in [0.15, 0.2) is 12.4 Å². The Hall–Kier alpha value is -3.01. The molecule has 0 rings (SSSR count). The number of nitrogens with zero attached hydrogens (tertiary/aromatic N) is 1. The second-order valence-corrected chi connectivity index (χ2v) is 23.8. The van der Waals surface area contributed by atoms with Gasteiger partial charge in [-0.3, -0.25) is 9.59 Å². The largest absolute Gasteiger partial charge is 0.545 e. The quantitative estimate of drug-likeness (QED) is 0.0195. The number of carboxylic acids is 1. The van der Waals surface area contributed by atoms with E-state index in [1.165, 1.54) is 225 Å². The highest BCUT2D eigenvalue weighted by Gasteiger charge is 2.22. The zero-order valence-corrected chi connectivity index (χ0v) is 52.5. The Morgan fingerprint density at radius 2 is 0.684 bits per heavy atom. The molecular weight excluding hydrogens is 983 g/mol. The second-order valence-electron chi connectivity index (χ2n) is 23.8. The lowest BCUT2D eigenvalue weighted by Crippen LogP contribution is -2.44. The molecular formula is C70H127NO8. The van der Waals surface area contributed by atoms with Crippen LogP contribution in [0.5, 0.6) is 0 Å². The molecule has 9 heteroatoms. The van der Waals surface area contributed by atoms with Crippen LogP contribution in [-0.2, 0) is 33.3 Å². The summed E-state index contributed by atoms with van der Waals surface area (Å²) in [6.07, 6.45) is 75.7. The number of carbonyl (C=O) groups excluding carboxylic acids is 3. The first-order chi connectivity index (χ1) is 38.6. The van der Waals surface area contributed by atoms with E-state index in [2.05, 4.69) is 74.6 Å². The minimum Gasteiger partial charge on any atom is -0.545 e. The first kappa shape index (κ1) is 76.0. The van der Waals surface area contributed by atoms with Crippen LogP contribution in [0.1, 0.15) is 309 Å². The lowest BCUT2D eigenvalue weighted by atomic mass is 10.0. The summed E-state index contributed by atoms with van der Waals surface area (Å²) in [7, 11) is 5.93. The van der Waals surface area contributed by atoms with E-state index in [1.54, 1.807) is 0 Å². The highest BCUT2D eigenvalue weighted by atomic mass is 16.7. The van der Waals surface area contributed by atoms with Crippen molar-refractivity contribution in [1.29, 1.82) is 0 Å². The van der Waals surface area contributed by atoms with Crippen LogP contribution in [0, 0.1) is 0 Å². The van der Waals surface area contributed by atoms with E-state index in [0.29, 0.717) is 23.9 Å². The molecule has 0 spiro atoms. The van der Waals surface area contributed by atoms with Gasteiger partial charge in [0.2, 0.25) is 0 Å². The highest BCUT2D eigenvalue weighted by Crippen LogP contribution is 2.17. The first-order valence-corrected chi connectivity index (χ1v) is 33.4. The maximum atomic E-state index is 12.9. The average molecular weight is 1110 g/mol. The number of hydrogen-bond acceptors (Lipinski definition) is 8. The number of rotatable bonds is 62. The molecule has 0 radical (unpaired) electrons. The number of carboxylic acid groups (broad SMARTS) is 1. The molecule has 0 aliphatic rings. The van der Waals surface area contributed by atoms with Gasteiger partial charge in [0, 0.05) is 12.8 Å². The summed E-state index contributed by atoms with van der Waals surface area (Å²) >= 11 is 0. The number of aliphatic carboxylic acids is 1.